The van der Waals surface area contributed by atoms with Gasteiger partial charge in [0.1, 0.15) is 5.52 Å². The Balaban J connectivity index is 0.000000383. The average Bonchev–Trinajstić information content (AvgIpc) is 2.76. The lowest BCUT2D eigenvalue weighted by atomic mass is 10.2. The van der Waals surface area contributed by atoms with Crippen LogP contribution in [0.1, 0.15) is 18.1 Å². The van der Waals surface area contributed by atoms with Gasteiger partial charge in [-0.05, 0) is 25.5 Å². The van der Waals surface area contributed by atoms with Crippen LogP contribution in [-0.2, 0) is 14.3 Å². The van der Waals surface area contributed by atoms with E-state index in [9.17, 15) is 4.79 Å². The van der Waals surface area contributed by atoms with Crippen LogP contribution < -0.4 is 5.73 Å². The zero-order valence-electron chi connectivity index (χ0n) is 12.5. The lowest BCUT2D eigenvalue weighted by Gasteiger charge is -1.93. The molecule has 0 bridgehead atoms. The number of nitrogens with two attached hydrogens (primary N) is 1. The highest BCUT2D eigenvalue weighted by molar-refractivity contribution is 5.82. The van der Waals surface area contributed by atoms with Gasteiger partial charge in [0.2, 0.25) is 0 Å². The first-order valence-corrected chi connectivity index (χ1v) is 6.49. The number of fused-ring (bicyclic) bond motifs is 1. The van der Waals surface area contributed by atoms with E-state index in [1.165, 1.54) is 0 Å². The zero-order chi connectivity index (χ0) is 15.7. The quantitative estimate of drug-likeness (QED) is 0.852. The number of ether oxygens (including phenoxy) is 2. The topological polar surface area (TPSA) is 87.6 Å². The van der Waals surface area contributed by atoms with Crippen molar-refractivity contribution in [2.45, 2.75) is 13.8 Å². The van der Waals surface area contributed by atoms with Gasteiger partial charge in [-0.3, -0.25) is 9.78 Å². The Kier molecular flexibility index (Phi) is 6.97. The van der Waals surface area contributed by atoms with E-state index in [2.05, 4.69) is 9.72 Å². The maximum atomic E-state index is 9.18. The molecule has 0 aromatic carbocycles. The molecule has 0 saturated heterocycles. The molecule has 0 saturated carbocycles. The molecule has 21 heavy (non-hydrogen) atoms. The van der Waals surface area contributed by atoms with Crippen LogP contribution in [0.4, 0.5) is 5.88 Å². The van der Waals surface area contributed by atoms with E-state index in [4.69, 9.17) is 14.9 Å². The van der Waals surface area contributed by atoms with Gasteiger partial charge in [-0.2, -0.15) is 0 Å². The minimum absolute atomic E-state index is 0.431. The highest BCUT2D eigenvalue weighted by Crippen LogP contribution is 2.25. The molecule has 0 unspecified atom stereocenters. The maximum Gasteiger partial charge on any atom is 0.293 e. The molecule has 6 nitrogen and oxygen atoms in total. The van der Waals surface area contributed by atoms with Crippen LogP contribution in [0.3, 0.4) is 0 Å². The summed E-state index contributed by atoms with van der Waals surface area (Å²) in [6.07, 6.45) is 5.64. The van der Waals surface area contributed by atoms with E-state index in [1.807, 2.05) is 25.1 Å². The molecule has 2 aromatic heterocycles. The summed E-state index contributed by atoms with van der Waals surface area (Å²) in [5.74, 6) is 0.431. The summed E-state index contributed by atoms with van der Waals surface area (Å²) in [5, 5.41) is 0. The number of aromatic nitrogens is 1. The van der Waals surface area contributed by atoms with Crippen LogP contribution in [0.2, 0.25) is 0 Å². The van der Waals surface area contributed by atoms with Gasteiger partial charge >= 0.3 is 0 Å². The van der Waals surface area contributed by atoms with E-state index >= 15 is 0 Å². The molecule has 2 aromatic rings. The molecule has 0 aliphatic rings. The Bertz CT molecular complexity index is 605. The molecule has 0 amide bonds. The number of methoxy groups -OCH3 is 1. The molecule has 114 valence electrons. The van der Waals surface area contributed by atoms with Crippen LogP contribution in [-0.4, -0.2) is 31.8 Å². The SMILES string of the molecule is CCOC=O.COC/C=C/c1cnc2c(C)c(N)oc2c1. The number of carbonyl (C=O) groups excluding carboxylic acids is 1. The first kappa shape index (κ1) is 16.7. The van der Waals surface area contributed by atoms with Gasteiger partial charge in [-0.1, -0.05) is 12.2 Å². The molecule has 0 aliphatic heterocycles. The van der Waals surface area contributed by atoms with Gasteiger partial charge in [0.25, 0.3) is 6.47 Å². The van der Waals surface area contributed by atoms with Crippen LogP contribution in [0, 0.1) is 6.92 Å². The number of pyridine rings is 1. The standard InChI is InChI=1S/C12H14N2O2.C3H6O2/c1-8-11-10(16-12(8)13)6-9(7-14-11)4-3-5-15-2;1-2-5-3-4/h3-4,6-7H,5,13H2,1-2H3;3H,2H2,1H3/b4-3+;. The molecule has 2 heterocycles. The van der Waals surface area contributed by atoms with Crippen molar-refractivity contribution in [1.29, 1.82) is 0 Å². The van der Waals surface area contributed by atoms with Gasteiger partial charge in [0.15, 0.2) is 11.5 Å². The number of nitrogen functional groups attached to an aromatic ring is 1. The van der Waals surface area contributed by atoms with Crippen molar-refractivity contribution in [3.8, 4) is 0 Å². The number of hydrogen-bond donors (Lipinski definition) is 1. The van der Waals surface area contributed by atoms with Crippen molar-refractivity contribution < 1.29 is 18.7 Å². The minimum atomic E-state index is 0.431. The van der Waals surface area contributed by atoms with E-state index < -0.39 is 0 Å². The molecule has 0 spiro atoms. The predicted molar refractivity (Wildman–Crippen MR) is 81.8 cm³/mol. The number of rotatable bonds is 5. The Morgan fingerprint density at radius 3 is 2.81 bits per heavy atom. The average molecular weight is 292 g/mol. The van der Waals surface area contributed by atoms with Crippen molar-refractivity contribution in [3.63, 3.8) is 0 Å². The van der Waals surface area contributed by atoms with Crippen LogP contribution in [0.5, 0.6) is 0 Å². The molecular formula is C15H20N2O4. The van der Waals surface area contributed by atoms with E-state index in [1.54, 1.807) is 20.2 Å². The van der Waals surface area contributed by atoms with Gasteiger partial charge in [0.05, 0.1) is 13.2 Å². The predicted octanol–water partition coefficient (Wildman–Crippen LogP) is 2.56. The summed E-state index contributed by atoms with van der Waals surface area (Å²) in [4.78, 5) is 13.5. The van der Waals surface area contributed by atoms with Crippen LogP contribution >= 0.6 is 0 Å². The molecule has 2 N–H and O–H groups in total. The first-order valence-electron chi connectivity index (χ1n) is 6.49. The summed E-state index contributed by atoms with van der Waals surface area (Å²) in [5.41, 5.74) is 9.08. The summed E-state index contributed by atoms with van der Waals surface area (Å²) < 4.78 is 14.5. The Morgan fingerprint density at radius 2 is 2.24 bits per heavy atom. The lowest BCUT2D eigenvalue weighted by molar-refractivity contribution is -0.128. The minimum Gasteiger partial charge on any atom is -0.468 e. The normalized spacial score (nSPS) is 10.4. The number of hydrogen-bond acceptors (Lipinski definition) is 6. The highest BCUT2D eigenvalue weighted by Gasteiger charge is 2.08. The summed E-state index contributed by atoms with van der Waals surface area (Å²) >= 11 is 0. The summed E-state index contributed by atoms with van der Waals surface area (Å²) in [6, 6.07) is 1.91. The fourth-order valence-electron chi connectivity index (χ4n) is 1.57. The second-order valence-corrected chi connectivity index (χ2v) is 4.12. The number of anilines is 1. The van der Waals surface area contributed by atoms with Crippen molar-refractivity contribution >= 4 is 29.5 Å². The van der Waals surface area contributed by atoms with Crippen LogP contribution in [0.25, 0.3) is 17.2 Å². The third-order valence-electron chi connectivity index (χ3n) is 2.63. The van der Waals surface area contributed by atoms with Crippen LogP contribution in [0.15, 0.2) is 22.8 Å². The van der Waals surface area contributed by atoms with Gasteiger partial charge in [0, 0.05) is 18.9 Å². The molecule has 0 radical (unpaired) electrons. The van der Waals surface area contributed by atoms with Gasteiger partial charge in [-0.15, -0.1) is 0 Å². The van der Waals surface area contributed by atoms with Crippen molar-refractivity contribution in [3.05, 3.63) is 29.5 Å². The van der Waals surface area contributed by atoms with Gasteiger partial charge < -0.3 is 19.6 Å². The highest BCUT2D eigenvalue weighted by atomic mass is 16.5. The number of furan rings is 1. The van der Waals surface area contributed by atoms with Crippen molar-refractivity contribution in [2.75, 3.05) is 26.1 Å². The fourth-order valence-corrected chi connectivity index (χ4v) is 1.57. The summed E-state index contributed by atoms with van der Waals surface area (Å²) in [7, 11) is 1.66. The Morgan fingerprint density at radius 1 is 1.48 bits per heavy atom. The number of nitrogens with zero attached hydrogens (tertiary/aromatic N) is 1. The maximum absolute atomic E-state index is 9.18. The Labute approximate surface area is 123 Å². The molecule has 0 aliphatic carbocycles. The largest absolute Gasteiger partial charge is 0.468 e. The first-order chi connectivity index (χ1) is 10.1. The Hall–Kier alpha value is -2.34. The number of aryl methyl sites for hydroxylation is 1. The second-order valence-electron chi connectivity index (χ2n) is 4.12. The summed E-state index contributed by atoms with van der Waals surface area (Å²) in [6.45, 7) is 5.14. The molecule has 0 atom stereocenters. The van der Waals surface area contributed by atoms with E-state index in [0.717, 1.165) is 22.2 Å². The van der Waals surface area contributed by atoms with Crippen molar-refractivity contribution in [1.82, 2.24) is 4.98 Å². The molecular weight excluding hydrogens is 272 g/mol. The second kappa shape index (κ2) is 8.76. The monoisotopic (exact) mass is 292 g/mol. The van der Waals surface area contributed by atoms with E-state index in [0.29, 0.717) is 25.6 Å². The third-order valence-corrected chi connectivity index (χ3v) is 2.63. The lowest BCUT2D eigenvalue weighted by Crippen LogP contribution is -1.83. The smallest absolute Gasteiger partial charge is 0.293 e. The van der Waals surface area contributed by atoms with Crippen molar-refractivity contribution in [2.24, 2.45) is 0 Å². The van der Waals surface area contributed by atoms with Gasteiger partial charge in [-0.25, -0.2) is 0 Å². The molecule has 2 rings (SSSR count). The van der Waals surface area contributed by atoms with E-state index in [-0.39, 0.29) is 0 Å². The third kappa shape index (κ3) is 4.92. The zero-order valence-corrected chi connectivity index (χ0v) is 12.5. The molecule has 0 fully saturated rings. The number of carbonyl (C=O) groups is 1. The molecule has 6 heteroatoms. The fraction of sp³-hybridized carbons (Fsp3) is 0.333.